The number of benzene rings is 3. The van der Waals surface area contributed by atoms with Crippen LogP contribution in [0.2, 0.25) is 0 Å². The van der Waals surface area contributed by atoms with Crippen molar-refractivity contribution in [2.24, 2.45) is 28.9 Å². The largest absolute Gasteiger partial charge is 0.508 e. The summed E-state index contributed by atoms with van der Waals surface area (Å²) in [7, 11) is 0. The number of likely N-dealkylation sites (tertiary alicyclic amines) is 2. The number of aromatic hydroxyl groups is 1. The van der Waals surface area contributed by atoms with Crippen molar-refractivity contribution < 1.29 is 106 Å². The number of aliphatic hydroxyl groups excluding tert-OH is 1. The van der Waals surface area contributed by atoms with Gasteiger partial charge in [-0.2, -0.15) is 25.3 Å². The Hall–Kier alpha value is -13.5. The van der Waals surface area contributed by atoms with Crippen molar-refractivity contribution in [1.82, 2.24) is 99.5 Å². The molecule has 3 heterocycles. The molecule has 18 amide bonds. The van der Waals surface area contributed by atoms with E-state index in [2.05, 4.69) is 115 Å². The fourth-order valence-corrected chi connectivity index (χ4v) is 14.8. The van der Waals surface area contributed by atoms with Gasteiger partial charge in [0, 0.05) is 68.4 Å². The lowest BCUT2D eigenvalue weighted by Gasteiger charge is -2.34. The predicted molar refractivity (Wildman–Crippen MR) is 485 cm³/mol. The molecule has 4 aromatic rings. The number of nitrogens with one attached hydrogen (secondary N) is 17. The normalized spacial score (nSPS) is 16.2. The van der Waals surface area contributed by atoms with Crippen LogP contribution in [-0.4, -0.2) is 294 Å². The number of aliphatic hydroxyl groups is 1. The lowest BCUT2D eigenvalue weighted by molar-refractivity contribution is -0.148. The number of carboxylic acid groups (broad SMARTS) is 1. The molecule has 46 nitrogen and oxygen atoms in total. The Morgan fingerprint density at radius 3 is 1.56 bits per heavy atom. The van der Waals surface area contributed by atoms with E-state index in [1.54, 1.807) is 74.5 Å². The Kier molecular flexibility index (Phi) is 43.7. The van der Waals surface area contributed by atoms with E-state index in [-0.39, 0.29) is 126 Å². The Bertz CT molecular complexity index is 4730. The molecule has 0 aliphatic carbocycles. The number of carboxylic acids is 1. The SMILES string of the molecule is CC(C)C[C@H](NC(=O)CNC(=O)CNC(=O)[C@H](Cc1ccccc1)NC(=O)[C@H](Cc1cnc[nH]1)NC(=O)CNC(=O)[C@@H](NC(=O)[C@H](CCS)NC(=O)[C@H](Cc1ccccc1)NC(=O)[C@H](CCCNC(=N)N)NC(=O)[C@@H](N)CCC(N)=O)[C@@H](C)O)C(=O)N[C@@H](Cc1ccc(O)cc1)C(=O)N1CCC[C@H]1C(=O)N[C@H](C(=O)N[C@@H](CC(N)=O)C(=O)NCC(=O)N1CCC[C@H]1C(=O)O)C(C)(C)S. The fraction of sp³-hybridized carbons (Fsp3) is 0.518. The number of guanidine groups is 1. The molecule has 3 aromatic carbocycles. The van der Waals surface area contributed by atoms with E-state index in [1.807, 2.05) is 0 Å². The highest BCUT2D eigenvalue weighted by molar-refractivity contribution is 7.81. The number of primary amides is 2. The van der Waals surface area contributed by atoms with Crippen LogP contribution in [0.4, 0.5) is 0 Å². The molecule has 2 saturated heterocycles. The summed E-state index contributed by atoms with van der Waals surface area (Å²) in [5.74, 6) is -18.7. The minimum atomic E-state index is -1.81. The molecule has 14 atom stereocenters. The number of imidazole rings is 1. The Morgan fingerprint density at radius 2 is 1.00 bits per heavy atom. The van der Waals surface area contributed by atoms with E-state index >= 15 is 0 Å². The van der Waals surface area contributed by atoms with Gasteiger partial charge >= 0.3 is 5.97 Å². The van der Waals surface area contributed by atoms with Gasteiger partial charge in [-0.1, -0.05) is 86.6 Å². The second-order valence-corrected chi connectivity index (χ2v) is 34.7. The van der Waals surface area contributed by atoms with Crippen molar-refractivity contribution >= 4 is 144 Å². The average Bonchev–Trinajstić information content (AvgIpc) is 1.73. The second kappa shape index (κ2) is 53.7. The first-order valence-corrected chi connectivity index (χ1v) is 44.2. The molecule has 28 N–H and O–H groups in total. The molecule has 2 aliphatic heterocycles. The molecule has 0 unspecified atom stereocenters. The number of thiol groups is 2. The topological polar surface area (TPSA) is 729 Å². The van der Waals surface area contributed by atoms with Crippen LogP contribution >= 0.6 is 25.3 Å². The van der Waals surface area contributed by atoms with E-state index in [1.165, 1.54) is 55.5 Å². The number of rotatable bonds is 54. The van der Waals surface area contributed by atoms with Gasteiger partial charge in [0.1, 0.15) is 78.3 Å². The number of phenolic OH excluding ortho intramolecular Hbond substituents is 1. The molecule has 0 radical (unpaired) electrons. The van der Waals surface area contributed by atoms with Crippen LogP contribution in [0.5, 0.6) is 5.75 Å². The average molecular weight is 1900 g/mol. The number of hydrogen-bond donors (Lipinski definition) is 26. The highest BCUT2D eigenvalue weighted by Crippen LogP contribution is 2.25. The van der Waals surface area contributed by atoms with Crippen LogP contribution in [0, 0.1) is 11.3 Å². The maximum absolute atomic E-state index is 15.0. The highest BCUT2D eigenvalue weighted by Gasteiger charge is 2.44. The third kappa shape index (κ3) is 37.0. The molecule has 0 spiro atoms. The summed E-state index contributed by atoms with van der Waals surface area (Å²) in [5.41, 5.74) is 23.9. The standard InChI is InChI=1S/C85H122N24O22S2/c1-45(2)33-55(76(123)105-60(36-49-22-24-51(111)25-23-49)82(129)109-31-13-20-61(109)79(126)107-70(85(4,5)133)81(128)104-59(38-64(88)113)73(120)96-43-68(117)108-30-14-21-62(108)83(130)131)98-66(115)41-93-65(114)40-94-72(119)56(34-47-15-8-6-9-16-47)102-78(125)58(37-50-39-91-44-97-50)99-67(116)42-95-80(127)69(46(3)110)106-75(122)54(28-32-132)101-77(124)57(35-48-17-10-7-11-18-48)103-74(121)53(19-12-29-92-84(89)90)100-71(118)52(86)26-27-63(87)112/h6-11,15-18,22-25,39,44-46,52-62,69-70,110-111,132-133H,12-14,19-21,26-38,40-43,86H2,1-5H3,(H2,87,112)(H2,88,113)(H,91,97)(H,93,114)(H,94,119)(H,95,127)(H,96,120)(H,98,115)(H,99,116)(H,100,118)(H,101,124)(H,102,125)(H,103,121)(H,104,128)(H,105,123)(H,106,122)(H,107,126)(H,130,131)(H4,89,90,92)/t46-,52+,53+,54+,55+,56+,57+,58+,59+,60+,61+,62+,69+,70-/m1/s1. The third-order valence-electron chi connectivity index (χ3n) is 21.3. The summed E-state index contributed by atoms with van der Waals surface area (Å²) in [6.07, 6.45) is -0.362. The Labute approximate surface area is 777 Å². The van der Waals surface area contributed by atoms with Gasteiger partial charge in [-0.05, 0) is 119 Å². The van der Waals surface area contributed by atoms with Crippen molar-refractivity contribution in [2.75, 3.05) is 51.6 Å². The Balaban J connectivity index is 1.09. The van der Waals surface area contributed by atoms with Gasteiger partial charge in [0.25, 0.3) is 0 Å². The van der Waals surface area contributed by atoms with Crippen LogP contribution in [0.25, 0.3) is 0 Å². The smallest absolute Gasteiger partial charge is 0.326 e. The zero-order valence-electron chi connectivity index (χ0n) is 74.3. The minimum Gasteiger partial charge on any atom is -0.508 e. The molecule has 0 bridgehead atoms. The van der Waals surface area contributed by atoms with Crippen molar-refractivity contribution in [2.45, 2.75) is 220 Å². The summed E-state index contributed by atoms with van der Waals surface area (Å²) in [6.45, 7) is 4.53. The number of phenols is 1. The summed E-state index contributed by atoms with van der Waals surface area (Å²) in [4.78, 5) is 269. The molecule has 1 aromatic heterocycles. The Morgan fingerprint density at radius 1 is 0.519 bits per heavy atom. The number of nitrogens with two attached hydrogens (primary N) is 4. The number of aliphatic carboxylic acids is 1. The molecule has 48 heteroatoms. The second-order valence-electron chi connectivity index (χ2n) is 33.1. The zero-order chi connectivity index (χ0) is 98.3. The van der Waals surface area contributed by atoms with E-state index in [0.717, 1.165) is 11.8 Å². The molecule has 6 rings (SSSR count). The number of aromatic nitrogens is 2. The molecular weight excluding hydrogens is 1770 g/mol. The maximum Gasteiger partial charge on any atom is 0.326 e. The maximum atomic E-state index is 15.0. The van der Waals surface area contributed by atoms with Crippen LogP contribution < -0.4 is 103 Å². The van der Waals surface area contributed by atoms with Crippen molar-refractivity contribution in [3.63, 3.8) is 0 Å². The number of carbonyl (C=O) groups excluding carboxylic acids is 18. The van der Waals surface area contributed by atoms with Gasteiger partial charge in [-0.15, -0.1) is 0 Å². The predicted octanol–water partition coefficient (Wildman–Crippen LogP) is -7.05. The molecule has 726 valence electrons. The van der Waals surface area contributed by atoms with E-state index in [0.29, 0.717) is 28.8 Å². The van der Waals surface area contributed by atoms with Gasteiger partial charge in [-0.25, -0.2) is 9.78 Å². The van der Waals surface area contributed by atoms with E-state index < -0.39 is 234 Å². The first-order valence-electron chi connectivity index (χ1n) is 43.1. The third-order valence-corrected chi connectivity index (χ3v) is 21.8. The minimum absolute atomic E-state index is 0.0361. The molecule has 0 saturated carbocycles. The summed E-state index contributed by atoms with van der Waals surface area (Å²) in [6, 6.07) is 3.31. The zero-order valence-corrected chi connectivity index (χ0v) is 76.1. The van der Waals surface area contributed by atoms with Gasteiger partial charge < -0.3 is 133 Å². The van der Waals surface area contributed by atoms with Gasteiger partial charge in [0.15, 0.2) is 5.96 Å². The van der Waals surface area contributed by atoms with Crippen molar-refractivity contribution in [3.8, 4) is 5.75 Å². The highest BCUT2D eigenvalue weighted by atomic mass is 32.1. The fourth-order valence-electron chi connectivity index (χ4n) is 14.3. The number of H-pyrrole nitrogens is 1. The first kappa shape index (κ1) is 108. The van der Waals surface area contributed by atoms with Crippen LogP contribution in [0.15, 0.2) is 97.5 Å². The number of nitrogens with zero attached hydrogens (tertiary/aromatic N) is 3. The molecular formula is C85H122N24O22S2. The van der Waals surface area contributed by atoms with Gasteiger partial charge in [0.05, 0.1) is 51.1 Å². The molecule has 2 aliphatic rings. The van der Waals surface area contributed by atoms with Crippen LogP contribution in [0.1, 0.15) is 128 Å². The molecule has 133 heavy (non-hydrogen) atoms. The number of aromatic amines is 1. The van der Waals surface area contributed by atoms with Gasteiger partial charge in [-0.3, -0.25) is 91.7 Å². The van der Waals surface area contributed by atoms with Crippen LogP contribution in [-0.2, 0) is 117 Å². The summed E-state index contributed by atoms with van der Waals surface area (Å²) < 4.78 is -1.43. The monoisotopic (exact) mass is 1890 g/mol. The van der Waals surface area contributed by atoms with Crippen molar-refractivity contribution in [3.05, 3.63) is 120 Å². The van der Waals surface area contributed by atoms with Gasteiger partial charge in [0.2, 0.25) is 106 Å². The lowest BCUT2D eigenvalue weighted by Crippen LogP contribution is -2.62. The quantitative estimate of drug-likeness (QED) is 0.00845. The van der Waals surface area contributed by atoms with Crippen LogP contribution in [0.3, 0.4) is 0 Å². The lowest BCUT2D eigenvalue weighted by atomic mass is 9.99. The van der Waals surface area contributed by atoms with E-state index in [4.69, 9.17) is 28.3 Å². The first-order chi connectivity index (χ1) is 62.9. The summed E-state index contributed by atoms with van der Waals surface area (Å²) >= 11 is 8.83. The number of amides is 18. The number of hydrogen-bond acceptors (Lipinski definition) is 26. The summed E-state index contributed by atoms with van der Waals surface area (Å²) in [5, 5.41) is 75.8. The van der Waals surface area contributed by atoms with E-state index in [9.17, 15) is 106 Å². The van der Waals surface area contributed by atoms with Crippen molar-refractivity contribution in [1.29, 1.82) is 5.41 Å². The number of carbonyl (C=O) groups is 19. The molecule has 2 fully saturated rings.